The smallest absolute Gasteiger partial charge is 0.289 e. The minimum Gasteiger partial charge on any atom is -0.456 e. The van der Waals surface area contributed by atoms with Gasteiger partial charge in [-0.1, -0.05) is 25.9 Å². The van der Waals surface area contributed by atoms with Gasteiger partial charge in [-0.3, -0.25) is 9.69 Å². The molecule has 0 atom stereocenters. The summed E-state index contributed by atoms with van der Waals surface area (Å²) in [6, 6.07) is 1.94. The lowest BCUT2D eigenvalue weighted by molar-refractivity contribution is 0.0676. The Hall–Kier alpha value is -2.15. The van der Waals surface area contributed by atoms with Crippen molar-refractivity contribution in [2.45, 2.75) is 52.5 Å². The van der Waals surface area contributed by atoms with Gasteiger partial charge >= 0.3 is 0 Å². The summed E-state index contributed by atoms with van der Waals surface area (Å²) in [4.78, 5) is 21.2. The Morgan fingerprint density at radius 1 is 1.27 bits per heavy atom. The Balaban J connectivity index is 1.65. The summed E-state index contributed by atoms with van der Waals surface area (Å²) in [5.74, 6) is 2.37. The molecule has 3 rings (SSSR count). The summed E-state index contributed by atoms with van der Waals surface area (Å²) in [5.41, 5.74) is 1.13. The maximum Gasteiger partial charge on any atom is 0.289 e. The summed E-state index contributed by atoms with van der Waals surface area (Å²) in [5, 5.41) is 3.92. The number of rotatable bonds is 7. The average Bonchev–Trinajstić information content (AvgIpc) is 3.35. The number of furan rings is 1. The molecule has 0 N–H and O–H groups in total. The molecule has 0 saturated carbocycles. The number of likely N-dealkylation sites (tertiary alicyclic amines) is 1. The molecule has 1 aliphatic rings. The second-order valence-corrected chi connectivity index (χ2v) is 6.73. The first kappa shape index (κ1) is 18.6. The van der Waals surface area contributed by atoms with Crippen LogP contribution in [0.1, 0.15) is 67.2 Å². The fourth-order valence-corrected chi connectivity index (χ4v) is 3.55. The van der Waals surface area contributed by atoms with Gasteiger partial charge in [0.1, 0.15) is 5.76 Å². The van der Waals surface area contributed by atoms with Crippen LogP contribution >= 0.6 is 0 Å². The van der Waals surface area contributed by atoms with Crippen LogP contribution < -0.4 is 0 Å². The van der Waals surface area contributed by atoms with E-state index in [0.717, 1.165) is 56.0 Å². The van der Waals surface area contributed by atoms with Crippen molar-refractivity contribution in [2.75, 3.05) is 26.2 Å². The van der Waals surface area contributed by atoms with Gasteiger partial charge in [0.25, 0.3) is 5.91 Å². The lowest BCUT2D eigenvalue weighted by Crippen LogP contribution is -2.38. The maximum atomic E-state index is 12.9. The third-order valence-corrected chi connectivity index (χ3v) is 5.24. The summed E-state index contributed by atoms with van der Waals surface area (Å²) < 4.78 is 10.7. The second-order valence-electron chi connectivity index (χ2n) is 6.73. The first-order valence-electron chi connectivity index (χ1n) is 9.55. The van der Waals surface area contributed by atoms with Gasteiger partial charge in [-0.2, -0.15) is 4.98 Å². The molecular weight excluding hydrogens is 332 g/mol. The summed E-state index contributed by atoms with van der Waals surface area (Å²) in [6.45, 7) is 10.5. The Morgan fingerprint density at radius 3 is 2.58 bits per heavy atom. The first-order valence-corrected chi connectivity index (χ1v) is 9.55. The molecular formula is C19H28N4O3. The van der Waals surface area contributed by atoms with Gasteiger partial charge in [0.2, 0.25) is 6.39 Å². The molecule has 0 spiro atoms. The molecule has 7 nitrogen and oxygen atoms in total. The molecule has 2 aromatic rings. The molecule has 1 fully saturated rings. The van der Waals surface area contributed by atoms with E-state index in [9.17, 15) is 4.79 Å². The molecule has 1 saturated heterocycles. The van der Waals surface area contributed by atoms with Crippen LogP contribution in [-0.4, -0.2) is 52.0 Å². The molecule has 0 radical (unpaired) electrons. The van der Waals surface area contributed by atoms with E-state index >= 15 is 0 Å². The third-order valence-electron chi connectivity index (χ3n) is 5.24. The van der Waals surface area contributed by atoms with Crippen LogP contribution in [0.15, 0.2) is 21.4 Å². The van der Waals surface area contributed by atoms with Crippen LogP contribution in [0.3, 0.4) is 0 Å². The van der Waals surface area contributed by atoms with E-state index < -0.39 is 0 Å². The van der Waals surface area contributed by atoms with Crippen molar-refractivity contribution >= 4 is 5.91 Å². The molecule has 0 bridgehead atoms. The number of nitrogens with zero attached hydrogens (tertiary/aromatic N) is 4. The molecule has 0 aromatic carbocycles. The average molecular weight is 360 g/mol. The van der Waals surface area contributed by atoms with Gasteiger partial charge in [-0.15, -0.1) is 0 Å². The van der Waals surface area contributed by atoms with Gasteiger partial charge in [-0.25, -0.2) is 0 Å². The zero-order valence-corrected chi connectivity index (χ0v) is 15.9. The number of aromatic nitrogens is 2. The van der Waals surface area contributed by atoms with Crippen LogP contribution in [0.4, 0.5) is 0 Å². The summed E-state index contributed by atoms with van der Waals surface area (Å²) >= 11 is 0. The van der Waals surface area contributed by atoms with Crippen molar-refractivity contribution in [3.8, 4) is 0 Å². The van der Waals surface area contributed by atoms with Crippen LogP contribution in [0.25, 0.3) is 0 Å². The highest BCUT2D eigenvalue weighted by Crippen LogP contribution is 2.27. The van der Waals surface area contributed by atoms with Crippen LogP contribution in [0.2, 0.25) is 0 Å². The van der Waals surface area contributed by atoms with Gasteiger partial charge in [0.15, 0.2) is 11.6 Å². The molecule has 7 heteroatoms. The molecule has 26 heavy (non-hydrogen) atoms. The highest BCUT2D eigenvalue weighted by molar-refractivity contribution is 5.91. The molecule has 1 amide bonds. The monoisotopic (exact) mass is 360 g/mol. The Labute approximate surface area is 154 Å². The van der Waals surface area contributed by atoms with E-state index in [1.807, 2.05) is 11.0 Å². The van der Waals surface area contributed by atoms with Gasteiger partial charge in [0.05, 0.1) is 0 Å². The number of hydrogen-bond donors (Lipinski definition) is 0. The van der Waals surface area contributed by atoms with E-state index in [2.05, 4.69) is 35.8 Å². The van der Waals surface area contributed by atoms with Crippen molar-refractivity contribution < 1.29 is 13.7 Å². The lowest BCUT2D eigenvalue weighted by atomic mass is 9.96. The van der Waals surface area contributed by atoms with Crippen LogP contribution in [-0.2, 0) is 13.0 Å². The number of carbonyl (C=O) groups is 1. The van der Waals surface area contributed by atoms with Gasteiger partial charge in [-0.05, 0) is 32.0 Å². The number of carbonyl (C=O) groups excluding carboxylic acids is 1. The normalized spacial score (nSPS) is 15.8. The Kier molecular flexibility index (Phi) is 6.08. The van der Waals surface area contributed by atoms with Crippen molar-refractivity contribution in [1.29, 1.82) is 0 Å². The zero-order chi connectivity index (χ0) is 18.5. The van der Waals surface area contributed by atoms with E-state index in [1.54, 1.807) is 0 Å². The van der Waals surface area contributed by atoms with Gasteiger partial charge in [0, 0.05) is 37.5 Å². The largest absolute Gasteiger partial charge is 0.456 e. The minimum atomic E-state index is -0.0166. The van der Waals surface area contributed by atoms with Crippen molar-refractivity contribution in [2.24, 2.45) is 0 Å². The molecule has 142 valence electrons. The molecule has 3 heterocycles. The predicted octanol–water partition coefficient (Wildman–Crippen LogP) is 3.09. The SMILES string of the molecule is CCc1oc(C(=O)N2CCC(c3ncon3)CC2)cc1CN(CC)CC. The van der Waals surface area contributed by atoms with Gasteiger partial charge < -0.3 is 13.8 Å². The van der Waals surface area contributed by atoms with Crippen molar-refractivity contribution in [3.05, 3.63) is 35.4 Å². The van der Waals surface area contributed by atoms with Crippen LogP contribution in [0, 0.1) is 0 Å². The highest BCUT2D eigenvalue weighted by atomic mass is 16.5. The molecule has 0 unspecified atom stereocenters. The molecule has 0 aliphatic carbocycles. The second kappa shape index (κ2) is 8.49. The number of aryl methyl sites for hydroxylation is 1. The van der Waals surface area contributed by atoms with E-state index in [-0.39, 0.29) is 11.8 Å². The fourth-order valence-electron chi connectivity index (χ4n) is 3.55. The fraction of sp³-hybridized carbons (Fsp3) is 0.632. The Bertz CT molecular complexity index is 698. The zero-order valence-electron chi connectivity index (χ0n) is 15.9. The van der Waals surface area contributed by atoms with E-state index in [0.29, 0.717) is 18.8 Å². The number of hydrogen-bond acceptors (Lipinski definition) is 6. The number of piperidine rings is 1. The van der Waals surface area contributed by atoms with E-state index in [4.69, 9.17) is 8.94 Å². The topological polar surface area (TPSA) is 75.6 Å². The van der Waals surface area contributed by atoms with Crippen LogP contribution in [0.5, 0.6) is 0 Å². The summed E-state index contributed by atoms with van der Waals surface area (Å²) in [6.07, 6.45) is 3.85. The summed E-state index contributed by atoms with van der Waals surface area (Å²) in [7, 11) is 0. The minimum absolute atomic E-state index is 0.0166. The van der Waals surface area contributed by atoms with Crippen molar-refractivity contribution in [1.82, 2.24) is 19.9 Å². The quantitative estimate of drug-likeness (QED) is 0.755. The number of amides is 1. The highest BCUT2D eigenvalue weighted by Gasteiger charge is 2.28. The van der Waals surface area contributed by atoms with E-state index in [1.165, 1.54) is 6.39 Å². The standard InChI is InChI=1S/C19H28N4O3/c1-4-16-15(12-22(5-2)6-3)11-17(26-16)19(24)23-9-7-14(8-10-23)18-20-13-25-21-18/h11,13-14H,4-10,12H2,1-3H3. The predicted molar refractivity (Wildman–Crippen MR) is 96.9 cm³/mol. The third kappa shape index (κ3) is 3.98. The van der Waals surface area contributed by atoms with Crippen molar-refractivity contribution in [3.63, 3.8) is 0 Å². The molecule has 1 aliphatic heterocycles. The molecule has 2 aromatic heterocycles. The maximum absolute atomic E-state index is 12.9. The Morgan fingerprint density at radius 2 is 2.00 bits per heavy atom. The first-order chi connectivity index (χ1) is 12.7. The lowest BCUT2D eigenvalue weighted by Gasteiger charge is -2.29.